The number of carbonyl (C=O) groups excluding carboxylic acids is 1. The summed E-state index contributed by atoms with van der Waals surface area (Å²) in [5.41, 5.74) is 3.98. The van der Waals surface area contributed by atoms with E-state index < -0.39 is 0 Å². The highest BCUT2D eigenvalue weighted by Crippen LogP contribution is 2.45. The quantitative estimate of drug-likeness (QED) is 0.665. The van der Waals surface area contributed by atoms with Crippen LogP contribution in [0.2, 0.25) is 10.0 Å². The number of anilines is 1. The number of amides is 1. The Labute approximate surface area is 180 Å². The van der Waals surface area contributed by atoms with Crippen molar-refractivity contribution in [1.29, 1.82) is 0 Å². The van der Waals surface area contributed by atoms with Gasteiger partial charge in [0.1, 0.15) is 0 Å². The van der Waals surface area contributed by atoms with Crippen LogP contribution in [-0.2, 0) is 0 Å². The maximum Gasteiger partial charge on any atom is 0.258 e. The van der Waals surface area contributed by atoms with Crippen LogP contribution >= 0.6 is 35.4 Å². The average Bonchev–Trinajstić information content (AvgIpc) is 2.94. The minimum Gasteiger partial charge on any atom is -0.315 e. The molecule has 1 amide bonds. The third-order valence-corrected chi connectivity index (χ3v) is 6.41. The number of thiocarbonyl (C=S) groups is 1. The van der Waals surface area contributed by atoms with Crippen molar-refractivity contribution in [3.8, 4) is 0 Å². The van der Waals surface area contributed by atoms with E-state index >= 15 is 0 Å². The molecule has 0 aliphatic carbocycles. The molecule has 0 radical (unpaired) electrons. The molecule has 2 atom stereocenters. The van der Waals surface area contributed by atoms with Crippen LogP contribution in [0, 0.1) is 6.92 Å². The molecular formula is C21H21Cl2N3OS. The van der Waals surface area contributed by atoms with Gasteiger partial charge in [-0.25, -0.2) is 0 Å². The van der Waals surface area contributed by atoms with Crippen molar-refractivity contribution in [2.75, 3.05) is 25.0 Å². The molecular weight excluding hydrogens is 413 g/mol. The van der Waals surface area contributed by atoms with E-state index in [4.69, 9.17) is 35.4 Å². The van der Waals surface area contributed by atoms with E-state index in [-0.39, 0.29) is 11.9 Å². The number of likely N-dealkylation sites (N-methyl/N-ethyl adjacent to an activating group) is 1. The van der Waals surface area contributed by atoms with Gasteiger partial charge in [-0.2, -0.15) is 0 Å². The van der Waals surface area contributed by atoms with E-state index in [1.807, 2.05) is 0 Å². The lowest BCUT2D eigenvalue weighted by atomic mass is 9.89. The van der Waals surface area contributed by atoms with Crippen molar-refractivity contribution in [3.05, 3.63) is 63.1 Å². The third kappa shape index (κ3) is 3.52. The molecule has 0 aromatic heterocycles. The van der Waals surface area contributed by atoms with E-state index in [2.05, 4.69) is 47.3 Å². The van der Waals surface area contributed by atoms with Crippen LogP contribution in [0.25, 0.3) is 0 Å². The molecule has 2 aromatic carbocycles. The Morgan fingerprint density at radius 1 is 1.21 bits per heavy atom. The largest absolute Gasteiger partial charge is 0.315 e. The molecule has 0 saturated carbocycles. The van der Waals surface area contributed by atoms with E-state index in [0.29, 0.717) is 26.6 Å². The summed E-state index contributed by atoms with van der Waals surface area (Å²) in [6, 6.07) is 11.5. The number of piperidine rings is 1. The number of likely N-dealkylation sites (tertiary alicyclic amines) is 1. The lowest BCUT2D eigenvalue weighted by Gasteiger charge is -2.37. The first-order valence-corrected chi connectivity index (χ1v) is 10.4. The summed E-state index contributed by atoms with van der Waals surface area (Å²) < 4.78 is 0. The highest BCUT2D eigenvalue weighted by Gasteiger charge is 2.43. The minimum atomic E-state index is -0.322. The van der Waals surface area contributed by atoms with Crippen LogP contribution in [0.3, 0.4) is 0 Å². The van der Waals surface area contributed by atoms with Crippen molar-refractivity contribution in [2.45, 2.75) is 25.3 Å². The van der Waals surface area contributed by atoms with Gasteiger partial charge in [-0.05, 0) is 69.0 Å². The summed E-state index contributed by atoms with van der Waals surface area (Å²) in [5.74, 6) is 0.0549. The monoisotopic (exact) mass is 433 g/mol. The van der Waals surface area contributed by atoms with Gasteiger partial charge in [-0.15, -0.1) is 0 Å². The van der Waals surface area contributed by atoms with Crippen LogP contribution < -0.4 is 10.2 Å². The highest BCUT2D eigenvalue weighted by atomic mass is 35.5. The van der Waals surface area contributed by atoms with Gasteiger partial charge in [0.2, 0.25) is 0 Å². The summed E-state index contributed by atoms with van der Waals surface area (Å²) in [5, 5.41) is 4.09. The predicted molar refractivity (Wildman–Crippen MR) is 119 cm³/mol. The Morgan fingerprint density at radius 2 is 2.00 bits per heavy atom. The number of nitrogens with one attached hydrogen (secondary N) is 1. The fourth-order valence-corrected chi connectivity index (χ4v) is 5.07. The molecule has 2 aliphatic heterocycles. The normalized spacial score (nSPS) is 21.2. The average molecular weight is 434 g/mol. The van der Waals surface area contributed by atoms with E-state index in [1.165, 1.54) is 11.1 Å². The van der Waals surface area contributed by atoms with Gasteiger partial charge in [-0.3, -0.25) is 10.1 Å². The van der Waals surface area contributed by atoms with Gasteiger partial charge in [-0.1, -0.05) is 40.9 Å². The Morgan fingerprint density at radius 3 is 2.75 bits per heavy atom. The summed E-state index contributed by atoms with van der Waals surface area (Å²) in [7, 11) is 2.15. The standard InChI is InChI=1S/C21H21Cl2N3OS/c1-12-3-6-18-15(9-12)16-11-25(2)8-7-19(16)26(18)21(28)24-20(27)14-5-4-13(22)10-17(14)23/h3-6,9-10,16,19H,7-8,11H2,1-2H3,(H,24,27,28)/t16-,19-/m1/s1. The van der Waals surface area contributed by atoms with Gasteiger partial charge in [0, 0.05) is 29.2 Å². The van der Waals surface area contributed by atoms with E-state index in [9.17, 15) is 4.79 Å². The number of fused-ring (bicyclic) bond motifs is 3. The molecule has 28 heavy (non-hydrogen) atoms. The number of hydrogen-bond donors (Lipinski definition) is 1. The number of carbonyl (C=O) groups is 1. The number of rotatable bonds is 1. The Hall–Kier alpha value is -1.66. The summed E-state index contributed by atoms with van der Waals surface area (Å²) in [6.45, 7) is 4.09. The topological polar surface area (TPSA) is 35.6 Å². The first-order valence-electron chi connectivity index (χ1n) is 9.24. The summed E-state index contributed by atoms with van der Waals surface area (Å²) >= 11 is 17.8. The number of halogens is 2. The first-order chi connectivity index (χ1) is 13.3. The molecule has 4 nitrogen and oxygen atoms in total. The van der Waals surface area contributed by atoms with Gasteiger partial charge in [0.15, 0.2) is 5.11 Å². The fourth-order valence-electron chi connectivity index (χ4n) is 4.24. The summed E-state index contributed by atoms with van der Waals surface area (Å²) in [6.07, 6.45) is 0.993. The van der Waals surface area contributed by atoms with Crippen molar-refractivity contribution in [1.82, 2.24) is 10.2 Å². The van der Waals surface area contributed by atoms with Crippen LogP contribution in [0.4, 0.5) is 5.69 Å². The van der Waals surface area contributed by atoms with Crippen molar-refractivity contribution in [2.24, 2.45) is 0 Å². The van der Waals surface area contributed by atoms with Crippen molar-refractivity contribution in [3.63, 3.8) is 0 Å². The number of aryl methyl sites for hydroxylation is 1. The van der Waals surface area contributed by atoms with Crippen LogP contribution in [-0.4, -0.2) is 42.1 Å². The Kier molecular flexibility index (Phi) is 5.36. The molecule has 0 unspecified atom stereocenters. The van der Waals surface area contributed by atoms with Gasteiger partial charge in [0.05, 0.1) is 10.6 Å². The molecule has 0 spiro atoms. The zero-order valence-corrected chi connectivity index (χ0v) is 18.0. The second-order valence-electron chi connectivity index (χ2n) is 7.54. The molecule has 2 aliphatic rings. The maximum absolute atomic E-state index is 12.8. The molecule has 2 aromatic rings. The van der Waals surface area contributed by atoms with E-state index in [0.717, 1.165) is 25.2 Å². The molecule has 7 heteroatoms. The molecule has 2 heterocycles. The number of benzene rings is 2. The molecule has 4 rings (SSSR count). The van der Waals surface area contributed by atoms with Gasteiger partial charge in [0.25, 0.3) is 5.91 Å². The Balaban J connectivity index is 1.62. The third-order valence-electron chi connectivity index (χ3n) is 5.57. The molecule has 1 fully saturated rings. The van der Waals surface area contributed by atoms with Crippen LogP contribution in [0.5, 0.6) is 0 Å². The zero-order valence-electron chi connectivity index (χ0n) is 15.7. The zero-order chi connectivity index (χ0) is 20.0. The second-order valence-corrected chi connectivity index (χ2v) is 8.77. The first kappa shape index (κ1) is 19.6. The predicted octanol–water partition coefficient (Wildman–Crippen LogP) is 4.62. The SMILES string of the molecule is Cc1ccc2c(c1)[C@H]1CN(C)CC[C@H]1N2C(=S)NC(=O)c1ccc(Cl)cc1Cl. The lowest BCUT2D eigenvalue weighted by molar-refractivity contribution is 0.0977. The van der Waals surface area contributed by atoms with Crippen LogP contribution in [0.15, 0.2) is 36.4 Å². The van der Waals surface area contributed by atoms with Crippen LogP contribution in [0.1, 0.15) is 33.8 Å². The van der Waals surface area contributed by atoms with Gasteiger partial charge < -0.3 is 9.80 Å². The molecule has 1 saturated heterocycles. The molecule has 0 bridgehead atoms. The minimum absolute atomic E-state index is 0.251. The summed E-state index contributed by atoms with van der Waals surface area (Å²) in [4.78, 5) is 17.2. The number of hydrogen-bond acceptors (Lipinski definition) is 3. The van der Waals surface area contributed by atoms with Crippen molar-refractivity contribution >= 4 is 52.1 Å². The smallest absolute Gasteiger partial charge is 0.258 e. The number of nitrogens with zero attached hydrogens (tertiary/aromatic N) is 2. The molecule has 146 valence electrons. The second kappa shape index (κ2) is 7.64. The van der Waals surface area contributed by atoms with Crippen molar-refractivity contribution < 1.29 is 4.79 Å². The highest BCUT2D eigenvalue weighted by molar-refractivity contribution is 7.80. The lowest BCUT2D eigenvalue weighted by Crippen LogP contribution is -2.51. The Bertz CT molecular complexity index is 965. The maximum atomic E-state index is 12.8. The van der Waals surface area contributed by atoms with Gasteiger partial charge >= 0.3 is 0 Å². The van der Waals surface area contributed by atoms with E-state index in [1.54, 1.807) is 18.2 Å². The molecule has 1 N–H and O–H groups in total. The fraction of sp³-hybridized carbons (Fsp3) is 0.333.